The first-order chi connectivity index (χ1) is 11.1. The molecule has 3 rings (SSSR count). The Morgan fingerprint density at radius 3 is 2.61 bits per heavy atom. The van der Waals surface area contributed by atoms with E-state index in [0.29, 0.717) is 12.4 Å². The van der Waals surface area contributed by atoms with Gasteiger partial charge in [0.1, 0.15) is 5.75 Å². The SMILES string of the molecule is Cc1cc(CCOc2ccc(C(=O)O)cc2)c2ccccc2n1. The summed E-state index contributed by atoms with van der Waals surface area (Å²) in [6.45, 7) is 2.52. The number of hydrogen-bond donors (Lipinski definition) is 1. The molecule has 0 saturated carbocycles. The van der Waals surface area contributed by atoms with E-state index in [-0.39, 0.29) is 5.56 Å². The Balaban J connectivity index is 1.70. The molecule has 1 N–H and O–H groups in total. The highest BCUT2D eigenvalue weighted by Crippen LogP contribution is 2.19. The number of hydrogen-bond acceptors (Lipinski definition) is 3. The van der Waals surface area contributed by atoms with Crippen LogP contribution in [0, 0.1) is 6.92 Å². The number of carbonyl (C=O) groups is 1. The lowest BCUT2D eigenvalue weighted by atomic mass is 10.1. The second kappa shape index (κ2) is 6.48. The Kier molecular flexibility index (Phi) is 4.24. The fourth-order valence-electron chi connectivity index (χ4n) is 2.57. The summed E-state index contributed by atoms with van der Waals surface area (Å²) in [4.78, 5) is 15.4. The van der Waals surface area contributed by atoms with Crippen molar-refractivity contribution >= 4 is 16.9 Å². The van der Waals surface area contributed by atoms with Crippen LogP contribution in [0.25, 0.3) is 10.9 Å². The van der Waals surface area contributed by atoms with E-state index in [2.05, 4.69) is 17.1 Å². The van der Waals surface area contributed by atoms with Crippen molar-refractivity contribution in [2.75, 3.05) is 6.61 Å². The number of pyridine rings is 1. The van der Waals surface area contributed by atoms with Crippen molar-refractivity contribution in [3.05, 3.63) is 71.4 Å². The molecule has 23 heavy (non-hydrogen) atoms. The van der Waals surface area contributed by atoms with Gasteiger partial charge in [0.2, 0.25) is 0 Å². The molecule has 4 heteroatoms. The molecular formula is C19H17NO3. The second-order valence-corrected chi connectivity index (χ2v) is 5.37. The maximum Gasteiger partial charge on any atom is 0.335 e. The normalized spacial score (nSPS) is 10.7. The summed E-state index contributed by atoms with van der Waals surface area (Å²) in [5.41, 5.74) is 3.45. The highest BCUT2D eigenvalue weighted by Gasteiger charge is 2.05. The summed E-state index contributed by atoms with van der Waals surface area (Å²) in [5, 5.41) is 10.0. The number of aromatic carboxylic acids is 1. The molecule has 0 aliphatic carbocycles. The Bertz CT molecular complexity index is 841. The third-order valence-electron chi connectivity index (χ3n) is 3.67. The fourth-order valence-corrected chi connectivity index (χ4v) is 2.57. The third kappa shape index (κ3) is 3.48. The zero-order valence-corrected chi connectivity index (χ0v) is 12.8. The van der Waals surface area contributed by atoms with Crippen LogP contribution in [0.2, 0.25) is 0 Å². The molecule has 0 unspecified atom stereocenters. The first-order valence-corrected chi connectivity index (χ1v) is 7.45. The van der Waals surface area contributed by atoms with E-state index in [1.54, 1.807) is 24.3 Å². The van der Waals surface area contributed by atoms with E-state index < -0.39 is 5.97 Å². The minimum atomic E-state index is -0.935. The average Bonchev–Trinajstić information content (AvgIpc) is 2.55. The van der Waals surface area contributed by atoms with Crippen LogP contribution in [-0.4, -0.2) is 22.7 Å². The molecule has 0 spiro atoms. The van der Waals surface area contributed by atoms with Crippen molar-refractivity contribution in [2.24, 2.45) is 0 Å². The molecule has 0 atom stereocenters. The molecular weight excluding hydrogens is 290 g/mol. The van der Waals surface area contributed by atoms with E-state index in [4.69, 9.17) is 9.84 Å². The number of aryl methyl sites for hydroxylation is 1. The lowest BCUT2D eigenvalue weighted by Gasteiger charge is -2.09. The average molecular weight is 307 g/mol. The number of benzene rings is 2. The van der Waals surface area contributed by atoms with Crippen molar-refractivity contribution in [1.82, 2.24) is 4.98 Å². The molecule has 0 aliphatic heterocycles. The van der Waals surface area contributed by atoms with Crippen LogP contribution in [0.4, 0.5) is 0 Å². The quantitative estimate of drug-likeness (QED) is 0.777. The highest BCUT2D eigenvalue weighted by molar-refractivity contribution is 5.87. The Hall–Kier alpha value is -2.88. The van der Waals surface area contributed by atoms with Gasteiger partial charge in [-0.15, -0.1) is 0 Å². The first-order valence-electron chi connectivity index (χ1n) is 7.45. The van der Waals surface area contributed by atoms with Gasteiger partial charge in [0.05, 0.1) is 17.7 Å². The minimum absolute atomic E-state index is 0.258. The van der Waals surface area contributed by atoms with Crippen LogP contribution < -0.4 is 4.74 Å². The summed E-state index contributed by atoms with van der Waals surface area (Å²) >= 11 is 0. The molecule has 0 fully saturated rings. The lowest BCUT2D eigenvalue weighted by molar-refractivity contribution is 0.0697. The lowest BCUT2D eigenvalue weighted by Crippen LogP contribution is -2.03. The van der Waals surface area contributed by atoms with Gasteiger partial charge >= 0.3 is 5.97 Å². The summed E-state index contributed by atoms with van der Waals surface area (Å²) in [7, 11) is 0. The first kappa shape index (κ1) is 15.0. The summed E-state index contributed by atoms with van der Waals surface area (Å²) in [6.07, 6.45) is 0.768. The van der Waals surface area contributed by atoms with E-state index in [0.717, 1.165) is 23.0 Å². The van der Waals surface area contributed by atoms with Gasteiger partial charge in [-0.3, -0.25) is 4.98 Å². The number of para-hydroxylation sites is 1. The molecule has 2 aromatic carbocycles. The number of fused-ring (bicyclic) bond motifs is 1. The highest BCUT2D eigenvalue weighted by atomic mass is 16.5. The van der Waals surface area contributed by atoms with Crippen molar-refractivity contribution in [3.8, 4) is 5.75 Å². The van der Waals surface area contributed by atoms with Gasteiger partial charge < -0.3 is 9.84 Å². The predicted molar refractivity (Wildman–Crippen MR) is 89.1 cm³/mol. The standard InChI is InChI=1S/C19H17NO3/c1-13-12-15(17-4-2-3-5-18(17)20-13)10-11-23-16-8-6-14(7-9-16)19(21)22/h2-9,12H,10-11H2,1H3,(H,21,22). The Morgan fingerprint density at radius 1 is 1.13 bits per heavy atom. The smallest absolute Gasteiger partial charge is 0.335 e. The van der Waals surface area contributed by atoms with Crippen LogP contribution in [0.5, 0.6) is 5.75 Å². The molecule has 3 aromatic rings. The number of rotatable bonds is 5. The van der Waals surface area contributed by atoms with E-state index in [1.807, 2.05) is 25.1 Å². The zero-order chi connectivity index (χ0) is 16.2. The van der Waals surface area contributed by atoms with E-state index in [1.165, 1.54) is 5.56 Å². The number of aromatic nitrogens is 1. The minimum Gasteiger partial charge on any atom is -0.493 e. The van der Waals surface area contributed by atoms with Crippen LogP contribution in [-0.2, 0) is 6.42 Å². The Labute approximate surface area is 134 Å². The van der Waals surface area contributed by atoms with Crippen molar-refractivity contribution < 1.29 is 14.6 Å². The molecule has 4 nitrogen and oxygen atoms in total. The molecule has 116 valence electrons. The maximum atomic E-state index is 10.8. The number of carboxylic acids is 1. The number of ether oxygens (including phenoxy) is 1. The van der Waals surface area contributed by atoms with Crippen LogP contribution in [0.15, 0.2) is 54.6 Å². The predicted octanol–water partition coefficient (Wildman–Crippen LogP) is 3.86. The van der Waals surface area contributed by atoms with Gasteiger partial charge in [0, 0.05) is 17.5 Å². The monoisotopic (exact) mass is 307 g/mol. The molecule has 1 aromatic heterocycles. The molecule has 0 saturated heterocycles. The third-order valence-corrected chi connectivity index (χ3v) is 3.67. The zero-order valence-electron chi connectivity index (χ0n) is 12.8. The van der Waals surface area contributed by atoms with E-state index >= 15 is 0 Å². The van der Waals surface area contributed by atoms with Gasteiger partial charge in [0.15, 0.2) is 0 Å². The number of nitrogens with zero attached hydrogens (tertiary/aromatic N) is 1. The van der Waals surface area contributed by atoms with Crippen LogP contribution >= 0.6 is 0 Å². The van der Waals surface area contributed by atoms with Crippen molar-refractivity contribution in [3.63, 3.8) is 0 Å². The molecule has 0 radical (unpaired) electrons. The Morgan fingerprint density at radius 2 is 1.87 bits per heavy atom. The molecule has 0 amide bonds. The topological polar surface area (TPSA) is 59.4 Å². The summed E-state index contributed by atoms with van der Waals surface area (Å²) < 4.78 is 5.72. The summed E-state index contributed by atoms with van der Waals surface area (Å²) in [5.74, 6) is -0.264. The van der Waals surface area contributed by atoms with E-state index in [9.17, 15) is 4.79 Å². The molecule has 0 bridgehead atoms. The van der Waals surface area contributed by atoms with Gasteiger partial charge in [-0.05, 0) is 48.9 Å². The van der Waals surface area contributed by atoms with Crippen molar-refractivity contribution in [2.45, 2.75) is 13.3 Å². The largest absolute Gasteiger partial charge is 0.493 e. The molecule has 1 heterocycles. The number of carboxylic acid groups (broad SMARTS) is 1. The van der Waals surface area contributed by atoms with Gasteiger partial charge in [-0.1, -0.05) is 18.2 Å². The van der Waals surface area contributed by atoms with Gasteiger partial charge in [-0.2, -0.15) is 0 Å². The van der Waals surface area contributed by atoms with Gasteiger partial charge in [0.25, 0.3) is 0 Å². The van der Waals surface area contributed by atoms with Gasteiger partial charge in [-0.25, -0.2) is 4.79 Å². The molecule has 0 aliphatic rings. The summed E-state index contributed by atoms with van der Waals surface area (Å²) in [6, 6.07) is 16.6. The maximum absolute atomic E-state index is 10.8. The van der Waals surface area contributed by atoms with Crippen molar-refractivity contribution in [1.29, 1.82) is 0 Å². The fraction of sp³-hybridized carbons (Fsp3) is 0.158. The van der Waals surface area contributed by atoms with Crippen LogP contribution in [0.3, 0.4) is 0 Å². The second-order valence-electron chi connectivity index (χ2n) is 5.37. The van der Waals surface area contributed by atoms with Crippen LogP contribution in [0.1, 0.15) is 21.6 Å².